The van der Waals surface area contributed by atoms with E-state index in [1.807, 2.05) is 4.68 Å². The summed E-state index contributed by atoms with van der Waals surface area (Å²) >= 11 is 7.38. The summed E-state index contributed by atoms with van der Waals surface area (Å²) in [6, 6.07) is 10.6. The maximum atomic E-state index is 4.45. The first-order chi connectivity index (χ1) is 9.75. The predicted octanol–water partition coefficient (Wildman–Crippen LogP) is 3.96. The molecule has 3 nitrogen and oxygen atoms in total. The van der Waals surface area contributed by atoms with Crippen LogP contribution in [0.1, 0.15) is 24.7 Å². The van der Waals surface area contributed by atoms with E-state index in [4.69, 9.17) is 0 Å². The summed E-state index contributed by atoms with van der Waals surface area (Å²) in [4.78, 5) is 4.45. The number of aromatic nitrogens is 3. The number of nitrogens with zero attached hydrogens (tertiary/aromatic N) is 3. The fourth-order valence-electron chi connectivity index (χ4n) is 2.30. The van der Waals surface area contributed by atoms with Gasteiger partial charge >= 0.3 is 0 Å². The monoisotopic (exact) mass is 399 g/mol. The van der Waals surface area contributed by atoms with E-state index >= 15 is 0 Å². The maximum absolute atomic E-state index is 4.45. The van der Waals surface area contributed by atoms with E-state index < -0.39 is 0 Å². The highest BCUT2D eigenvalue weighted by molar-refractivity contribution is 9.09. The molecule has 2 rings (SSSR count). The fraction of sp³-hybridized carbons (Fsp3) is 0.467. The fourth-order valence-corrected chi connectivity index (χ4v) is 4.28. The molecule has 20 heavy (non-hydrogen) atoms. The molecule has 2 aromatic rings. The molecule has 1 aromatic carbocycles. The minimum atomic E-state index is -0.000214. The largest absolute Gasteiger partial charge is 0.250 e. The normalized spacial score (nSPS) is 11.8. The van der Waals surface area contributed by atoms with Gasteiger partial charge in [-0.25, -0.2) is 4.98 Å². The summed E-state index contributed by atoms with van der Waals surface area (Å²) in [5.41, 5.74) is 1.32. The van der Waals surface area contributed by atoms with E-state index in [9.17, 15) is 0 Å². The van der Waals surface area contributed by atoms with Crippen molar-refractivity contribution in [3.05, 3.63) is 48.0 Å². The molecule has 0 spiro atoms. The Morgan fingerprint density at radius 2 is 1.85 bits per heavy atom. The molecule has 5 heteroatoms. The van der Waals surface area contributed by atoms with Crippen LogP contribution in [0.5, 0.6) is 0 Å². The van der Waals surface area contributed by atoms with E-state index in [1.165, 1.54) is 5.56 Å². The number of alkyl halides is 2. The van der Waals surface area contributed by atoms with Crippen LogP contribution in [-0.2, 0) is 18.4 Å². The van der Waals surface area contributed by atoms with Crippen molar-refractivity contribution < 1.29 is 0 Å². The highest BCUT2D eigenvalue weighted by Gasteiger charge is 2.32. The number of aryl methyl sites for hydroxylation is 1. The smallest absolute Gasteiger partial charge is 0.138 e. The highest BCUT2D eigenvalue weighted by atomic mass is 79.9. The molecule has 0 unspecified atom stereocenters. The molecule has 0 atom stereocenters. The van der Waals surface area contributed by atoms with Gasteiger partial charge in [-0.1, -0.05) is 69.1 Å². The third kappa shape index (κ3) is 3.31. The van der Waals surface area contributed by atoms with Gasteiger partial charge in [-0.15, -0.1) is 0 Å². The Morgan fingerprint density at radius 3 is 2.45 bits per heavy atom. The predicted molar refractivity (Wildman–Crippen MR) is 89.7 cm³/mol. The van der Waals surface area contributed by atoms with Crippen LogP contribution >= 0.6 is 31.9 Å². The van der Waals surface area contributed by atoms with Crippen molar-refractivity contribution in [3.63, 3.8) is 0 Å². The van der Waals surface area contributed by atoms with Crippen LogP contribution in [0.3, 0.4) is 0 Å². The van der Waals surface area contributed by atoms with E-state index in [1.54, 1.807) is 6.33 Å². The van der Waals surface area contributed by atoms with Gasteiger partial charge in [-0.3, -0.25) is 4.68 Å². The molecule has 108 valence electrons. The van der Waals surface area contributed by atoms with Crippen molar-refractivity contribution >= 4 is 31.9 Å². The summed E-state index contributed by atoms with van der Waals surface area (Å²) in [6.45, 7) is 3.08. The minimum absolute atomic E-state index is 0.000214. The Labute approximate surface area is 137 Å². The lowest BCUT2D eigenvalue weighted by Crippen LogP contribution is -2.34. The van der Waals surface area contributed by atoms with Crippen LogP contribution in [0, 0.1) is 0 Å². The molecule has 0 radical (unpaired) electrons. The van der Waals surface area contributed by atoms with Gasteiger partial charge < -0.3 is 0 Å². The Kier molecular flexibility index (Phi) is 5.78. The van der Waals surface area contributed by atoms with E-state index in [-0.39, 0.29) is 5.41 Å². The van der Waals surface area contributed by atoms with Gasteiger partial charge in [-0.05, 0) is 12.0 Å². The molecule has 1 heterocycles. The van der Waals surface area contributed by atoms with Gasteiger partial charge in [0.1, 0.15) is 12.2 Å². The molecular formula is C15H19Br2N3. The third-order valence-electron chi connectivity index (χ3n) is 3.53. The topological polar surface area (TPSA) is 30.7 Å². The second-order valence-corrected chi connectivity index (χ2v) is 6.11. The van der Waals surface area contributed by atoms with Gasteiger partial charge in [0, 0.05) is 29.0 Å². The molecule has 1 aromatic heterocycles. The van der Waals surface area contributed by atoms with Crippen molar-refractivity contribution in [3.8, 4) is 0 Å². The van der Waals surface area contributed by atoms with Crippen LogP contribution < -0.4 is 0 Å². The lowest BCUT2D eigenvalue weighted by atomic mass is 9.81. The van der Waals surface area contributed by atoms with Crippen molar-refractivity contribution in [2.45, 2.75) is 31.7 Å². The molecule has 0 fully saturated rings. The number of rotatable bonds is 7. The van der Waals surface area contributed by atoms with Gasteiger partial charge in [0.25, 0.3) is 0 Å². The van der Waals surface area contributed by atoms with E-state index in [0.29, 0.717) is 0 Å². The van der Waals surface area contributed by atoms with Gasteiger partial charge in [-0.2, -0.15) is 5.10 Å². The maximum Gasteiger partial charge on any atom is 0.138 e. The van der Waals surface area contributed by atoms with Crippen LogP contribution in [0.15, 0.2) is 36.7 Å². The average Bonchev–Trinajstić information content (AvgIpc) is 2.93. The third-order valence-corrected chi connectivity index (χ3v) is 5.67. The average molecular weight is 401 g/mol. The second kappa shape index (κ2) is 7.36. The molecule has 0 saturated heterocycles. The zero-order valence-electron chi connectivity index (χ0n) is 11.6. The zero-order chi connectivity index (χ0) is 14.4. The lowest BCUT2D eigenvalue weighted by Gasteiger charge is -2.30. The molecular weight excluding hydrogens is 382 g/mol. The van der Waals surface area contributed by atoms with Crippen LogP contribution in [0.25, 0.3) is 0 Å². The number of halogens is 2. The summed E-state index contributed by atoms with van der Waals surface area (Å²) in [7, 11) is 0. The standard InChI is InChI=1S/C15H19Br2N3/c1-2-8-20-14(18-12-19-20)9-15(10-16,11-17)13-6-4-3-5-7-13/h3-7,12H,2,8-11H2,1H3. The Morgan fingerprint density at radius 1 is 1.15 bits per heavy atom. The lowest BCUT2D eigenvalue weighted by molar-refractivity contribution is 0.489. The Bertz CT molecular complexity index is 521. The summed E-state index contributed by atoms with van der Waals surface area (Å²) in [5, 5.41) is 6.09. The second-order valence-electron chi connectivity index (χ2n) is 4.99. The first kappa shape index (κ1) is 15.7. The van der Waals surface area contributed by atoms with Crippen molar-refractivity contribution in [2.24, 2.45) is 0 Å². The van der Waals surface area contributed by atoms with Gasteiger partial charge in [0.15, 0.2) is 0 Å². The molecule has 0 bridgehead atoms. The van der Waals surface area contributed by atoms with E-state index in [0.717, 1.165) is 35.9 Å². The number of hydrogen-bond donors (Lipinski definition) is 0. The molecule has 0 aliphatic heterocycles. The molecule has 0 aliphatic rings. The highest BCUT2D eigenvalue weighted by Crippen LogP contribution is 2.32. The van der Waals surface area contributed by atoms with Gasteiger partial charge in [0.2, 0.25) is 0 Å². The van der Waals surface area contributed by atoms with Crippen molar-refractivity contribution in [2.75, 3.05) is 10.7 Å². The number of benzene rings is 1. The summed E-state index contributed by atoms with van der Waals surface area (Å²) in [5.74, 6) is 1.05. The number of hydrogen-bond acceptors (Lipinski definition) is 2. The quantitative estimate of drug-likeness (QED) is 0.658. The molecule has 0 amide bonds. The molecule has 0 saturated carbocycles. The van der Waals surface area contributed by atoms with Crippen LogP contribution in [0.4, 0.5) is 0 Å². The van der Waals surface area contributed by atoms with Crippen LogP contribution in [0.2, 0.25) is 0 Å². The Hall–Kier alpha value is -0.680. The summed E-state index contributed by atoms with van der Waals surface area (Å²) < 4.78 is 2.02. The minimum Gasteiger partial charge on any atom is -0.250 e. The van der Waals surface area contributed by atoms with E-state index in [2.05, 4.69) is 79.2 Å². The van der Waals surface area contributed by atoms with Gasteiger partial charge in [0.05, 0.1) is 0 Å². The first-order valence-corrected chi connectivity index (χ1v) is 9.04. The van der Waals surface area contributed by atoms with Crippen molar-refractivity contribution in [1.29, 1.82) is 0 Å². The SMILES string of the molecule is CCCn1ncnc1CC(CBr)(CBr)c1ccccc1. The Balaban J connectivity index is 2.32. The first-order valence-electron chi connectivity index (χ1n) is 6.80. The zero-order valence-corrected chi connectivity index (χ0v) is 14.8. The molecule has 0 N–H and O–H groups in total. The molecule has 0 aliphatic carbocycles. The summed E-state index contributed by atoms with van der Waals surface area (Å²) in [6.07, 6.45) is 3.59. The van der Waals surface area contributed by atoms with Crippen LogP contribution in [-0.4, -0.2) is 25.4 Å². The van der Waals surface area contributed by atoms with Crippen molar-refractivity contribution in [1.82, 2.24) is 14.8 Å².